The quantitative estimate of drug-likeness (QED) is 0.770. The molecule has 18 heavy (non-hydrogen) atoms. The van der Waals surface area contributed by atoms with Gasteiger partial charge in [-0.2, -0.15) is 0 Å². The zero-order chi connectivity index (χ0) is 13.9. The number of amides is 2. The number of hydrogen-bond acceptors (Lipinski definition) is 2. The Morgan fingerprint density at radius 2 is 1.50 bits per heavy atom. The highest BCUT2D eigenvalue weighted by Crippen LogP contribution is 2.23. The van der Waals surface area contributed by atoms with Crippen molar-refractivity contribution in [2.45, 2.75) is 41.0 Å². The van der Waals surface area contributed by atoms with Crippen LogP contribution in [0, 0.1) is 11.3 Å². The smallest absolute Gasteiger partial charge is 0.228 e. The molecule has 0 spiro atoms. The molecule has 0 radical (unpaired) electrons. The predicted octanol–water partition coefficient (Wildman–Crippen LogP) is 1.75. The Bertz CT molecular complexity index is 316. The maximum Gasteiger partial charge on any atom is 0.228 e. The topological polar surface area (TPSA) is 40.6 Å². The molecule has 4 nitrogen and oxygen atoms in total. The lowest BCUT2D eigenvalue weighted by molar-refractivity contribution is -0.146. The molecule has 4 heteroatoms. The number of rotatable bonds is 3. The molecule has 0 bridgehead atoms. The Kier molecular flexibility index (Phi) is 4.77. The molecule has 0 saturated carbocycles. The predicted molar refractivity (Wildman–Crippen MR) is 72.1 cm³/mol. The lowest BCUT2D eigenvalue weighted by atomic mass is 9.88. The van der Waals surface area contributed by atoms with E-state index >= 15 is 0 Å². The van der Waals surface area contributed by atoms with Crippen molar-refractivity contribution >= 4 is 11.8 Å². The van der Waals surface area contributed by atoms with Gasteiger partial charge >= 0.3 is 0 Å². The van der Waals surface area contributed by atoms with E-state index in [1.807, 2.05) is 44.4 Å². The summed E-state index contributed by atoms with van der Waals surface area (Å²) in [7, 11) is 0. The normalized spacial score (nSPS) is 17.2. The Morgan fingerprint density at radius 3 is 1.89 bits per heavy atom. The first-order valence-corrected chi connectivity index (χ1v) is 6.87. The summed E-state index contributed by atoms with van der Waals surface area (Å²) >= 11 is 0. The largest absolute Gasteiger partial charge is 0.339 e. The monoisotopic (exact) mass is 254 g/mol. The standard InChI is InChI=1S/C14H26N2O2/c1-6-14(4,5)13(18)16-9-7-15(8-10-16)12(17)11(2)3/h11H,6-10H2,1-5H3. The summed E-state index contributed by atoms with van der Waals surface area (Å²) in [5.41, 5.74) is -0.287. The molecule has 104 valence electrons. The van der Waals surface area contributed by atoms with Gasteiger partial charge in [0.25, 0.3) is 0 Å². The van der Waals surface area contributed by atoms with Gasteiger partial charge in [0, 0.05) is 37.5 Å². The minimum absolute atomic E-state index is 0.0411. The summed E-state index contributed by atoms with van der Waals surface area (Å²) in [4.78, 5) is 27.9. The lowest BCUT2D eigenvalue weighted by Gasteiger charge is -2.39. The first-order chi connectivity index (χ1) is 8.29. The molecule has 1 rings (SSSR count). The first kappa shape index (κ1) is 15.0. The van der Waals surface area contributed by atoms with Crippen LogP contribution in [0.2, 0.25) is 0 Å². The third-order valence-corrected chi connectivity index (χ3v) is 3.84. The SMILES string of the molecule is CCC(C)(C)C(=O)N1CCN(C(=O)C(C)C)CC1. The third-order valence-electron chi connectivity index (χ3n) is 3.84. The van der Waals surface area contributed by atoms with E-state index in [1.165, 1.54) is 0 Å². The molecule has 1 heterocycles. The number of carbonyl (C=O) groups excluding carboxylic acids is 2. The van der Waals surface area contributed by atoms with Gasteiger partial charge in [-0.3, -0.25) is 9.59 Å². The van der Waals surface area contributed by atoms with Gasteiger partial charge in [0.05, 0.1) is 0 Å². The molecule has 0 aliphatic carbocycles. The van der Waals surface area contributed by atoms with E-state index < -0.39 is 0 Å². The highest BCUT2D eigenvalue weighted by atomic mass is 16.2. The third kappa shape index (κ3) is 3.24. The molecule has 0 aromatic rings. The van der Waals surface area contributed by atoms with E-state index in [0.717, 1.165) is 6.42 Å². The van der Waals surface area contributed by atoms with Crippen molar-refractivity contribution in [3.05, 3.63) is 0 Å². The Morgan fingerprint density at radius 1 is 1.06 bits per heavy atom. The van der Waals surface area contributed by atoms with E-state index in [-0.39, 0.29) is 23.1 Å². The van der Waals surface area contributed by atoms with Crippen molar-refractivity contribution in [2.24, 2.45) is 11.3 Å². The zero-order valence-electron chi connectivity index (χ0n) is 12.3. The number of piperazine rings is 1. The van der Waals surface area contributed by atoms with Gasteiger partial charge in [-0.1, -0.05) is 34.6 Å². The zero-order valence-corrected chi connectivity index (χ0v) is 12.3. The summed E-state index contributed by atoms with van der Waals surface area (Å²) in [6, 6.07) is 0. The molecule has 1 fully saturated rings. The van der Waals surface area contributed by atoms with Gasteiger partial charge in [0.15, 0.2) is 0 Å². The summed E-state index contributed by atoms with van der Waals surface area (Å²) in [6.45, 7) is 12.5. The second kappa shape index (κ2) is 5.72. The van der Waals surface area contributed by atoms with Crippen LogP contribution in [0.4, 0.5) is 0 Å². The van der Waals surface area contributed by atoms with Crippen LogP contribution in [-0.2, 0) is 9.59 Å². The molecule has 2 amide bonds. The molecule has 0 atom stereocenters. The Balaban J connectivity index is 2.54. The van der Waals surface area contributed by atoms with E-state index in [9.17, 15) is 9.59 Å². The van der Waals surface area contributed by atoms with Gasteiger partial charge in [0.2, 0.25) is 11.8 Å². The fourth-order valence-electron chi connectivity index (χ4n) is 2.07. The van der Waals surface area contributed by atoms with Crippen LogP contribution in [0.25, 0.3) is 0 Å². The number of nitrogens with zero attached hydrogens (tertiary/aromatic N) is 2. The van der Waals surface area contributed by atoms with Gasteiger partial charge < -0.3 is 9.80 Å². The van der Waals surface area contributed by atoms with E-state index in [0.29, 0.717) is 26.2 Å². The van der Waals surface area contributed by atoms with Crippen molar-refractivity contribution in [1.29, 1.82) is 0 Å². The average molecular weight is 254 g/mol. The molecule has 1 saturated heterocycles. The van der Waals surface area contributed by atoms with E-state index in [4.69, 9.17) is 0 Å². The number of hydrogen-bond donors (Lipinski definition) is 0. The summed E-state index contributed by atoms with van der Waals surface area (Å²) < 4.78 is 0. The van der Waals surface area contributed by atoms with Crippen LogP contribution < -0.4 is 0 Å². The number of carbonyl (C=O) groups is 2. The summed E-state index contributed by atoms with van der Waals surface area (Å²) in [5, 5.41) is 0. The highest BCUT2D eigenvalue weighted by molar-refractivity contribution is 5.82. The molecular weight excluding hydrogens is 228 g/mol. The Hall–Kier alpha value is -1.06. The van der Waals surface area contributed by atoms with Gasteiger partial charge in [0.1, 0.15) is 0 Å². The fourth-order valence-corrected chi connectivity index (χ4v) is 2.07. The molecule has 0 aromatic heterocycles. The second-order valence-electron chi connectivity index (χ2n) is 6.01. The second-order valence-corrected chi connectivity index (χ2v) is 6.01. The maximum atomic E-state index is 12.3. The summed E-state index contributed by atoms with van der Waals surface area (Å²) in [5.74, 6) is 0.442. The first-order valence-electron chi connectivity index (χ1n) is 6.87. The minimum atomic E-state index is -0.287. The van der Waals surface area contributed by atoms with Crippen molar-refractivity contribution in [1.82, 2.24) is 9.80 Å². The van der Waals surface area contributed by atoms with Crippen LogP contribution in [-0.4, -0.2) is 47.8 Å². The lowest BCUT2D eigenvalue weighted by Crippen LogP contribution is -2.54. The maximum absolute atomic E-state index is 12.3. The molecule has 1 aliphatic rings. The van der Waals surface area contributed by atoms with E-state index in [1.54, 1.807) is 0 Å². The van der Waals surface area contributed by atoms with Gasteiger partial charge in [-0.05, 0) is 6.42 Å². The molecule has 1 aliphatic heterocycles. The van der Waals surface area contributed by atoms with Gasteiger partial charge in [-0.15, -0.1) is 0 Å². The van der Waals surface area contributed by atoms with Crippen LogP contribution in [0.1, 0.15) is 41.0 Å². The van der Waals surface area contributed by atoms with E-state index in [2.05, 4.69) is 0 Å². The highest BCUT2D eigenvalue weighted by Gasteiger charge is 2.33. The summed E-state index contributed by atoms with van der Waals surface area (Å²) in [6.07, 6.45) is 0.844. The van der Waals surface area contributed by atoms with Crippen molar-refractivity contribution in [3.8, 4) is 0 Å². The van der Waals surface area contributed by atoms with Crippen LogP contribution >= 0.6 is 0 Å². The average Bonchev–Trinajstić information content (AvgIpc) is 2.37. The van der Waals surface area contributed by atoms with Crippen molar-refractivity contribution in [3.63, 3.8) is 0 Å². The molecule has 0 unspecified atom stereocenters. The van der Waals surface area contributed by atoms with Crippen LogP contribution in [0.15, 0.2) is 0 Å². The minimum Gasteiger partial charge on any atom is -0.339 e. The van der Waals surface area contributed by atoms with Crippen molar-refractivity contribution in [2.75, 3.05) is 26.2 Å². The molecule has 0 N–H and O–H groups in total. The van der Waals surface area contributed by atoms with Crippen LogP contribution in [0.3, 0.4) is 0 Å². The van der Waals surface area contributed by atoms with Crippen molar-refractivity contribution < 1.29 is 9.59 Å². The van der Waals surface area contributed by atoms with Gasteiger partial charge in [-0.25, -0.2) is 0 Å². The molecular formula is C14H26N2O2. The fraction of sp³-hybridized carbons (Fsp3) is 0.857. The molecule has 0 aromatic carbocycles. The van der Waals surface area contributed by atoms with Crippen LogP contribution in [0.5, 0.6) is 0 Å². The Labute approximate surface area is 110 Å².